The third-order valence-electron chi connectivity index (χ3n) is 3.12. The standard InChI is InChI=1S/C16H15N3O2S2/c1-2-11-6-3-4-7-12(11)21-10-14(20)17-16-19-18-15(23-16)13-8-5-9-22-13/h3-9H,2,10H2,1H3,(H,17,19,20). The van der Waals surface area contributed by atoms with Crippen LogP contribution in [0.5, 0.6) is 5.75 Å². The summed E-state index contributed by atoms with van der Waals surface area (Å²) in [7, 11) is 0. The molecule has 118 valence electrons. The van der Waals surface area contributed by atoms with Crippen LogP contribution in [-0.4, -0.2) is 22.7 Å². The Kier molecular flexibility index (Phi) is 4.99. The molecule has 0 unspecified atom stereocenters. The normalized spacial score (nSPS) is 10.5. The predicted octanol–water partition coefficient (Wildman–Crippen LogP) is 3.85. The highest BCUT2D eigenvalue weighted by atomic mass is 32.1. The minimum Gasteiger partial charge on any atom is -0.483 e. The van der Waals surface area contributed by atoms with Gasteiger partial charge in [-0.25, -0.2) is 0 Å². The Hall–Kier alpha value is -2.25. The molecule has 7 heteroatoms. The Labute approximate surface area is 142 Å². The van der Waals surface area contributed by atoms with Crippen molar-refractivity contribution in [1.29, 1.82) is 0 Å². The van der Waals surface area contributed by atoms with Gasteiger partial charge in [-0.05, 0) is 29.5 Å². The molecule has 0 fully saturated rings. The van der Waals surface area contributed by atoms with Crippen LogP contribution in [0, 0.1) is 0 Å². The van der Waals surface area contributed by atoms with Gasteiger partial charge in [0, 0.05) is 0 Å². The second-order valence-corrected chi connectivity index (χ2v) is 6.61. The average molecular weight is 345 g/mol. The predicted molar refractivity (Wildman–Crippen MR) is 93.2 cm³/mol. The minimum absolute atomic E-state index is 0.0507. The summed E-state index contributed by atoms with van der Waals surface area (Å²) in [5.41, 5.74) is 1.08. The van der Waals surface area contributed by atoms with Crippen molar-refractivity contribution in [3.05, 3.63) is 47.3 Å². The average Bonchev–Trinajstić information content (AvgIpc) is 3.24. The fraction of sp³-hybridized carbons (Fsp3) is 0.188. The molecule has 0 aliphatic carbocycles. The minimum atomic E-state index is -0.246. The van der Waals surface area contributed by atoms with Crippen LogP contribution in [0.3, 0.4) is 0 Å². The number of aryl methyl sites for hydroxylation is 1. The molecular formula is C16H15N3O2S2. The molecule has 23 heavy (non-hydrogen) atoms. The van der Waals surface area contributed by atoms with Crippen molar-refractivity contribution in [2.75, 3.05) is 11.9 Å². The fourth-order valence-electron chi connectivity index (χ4n) is 2.01. The number of anilines is 1. The van der Waals surface area contributed by atoms with Gasteiger partial charge in [0.05, 0.1) is 4.88 Å². The number of aromatic nitrogens is 2. The van der Waals surface area contributed by atoms with Crippen LogP contribution >= 0.6 is 22.7 Å². The van der Waals surface area contributed by atoms with E-state index in [4.69, 9.17) is 4.74 Å². The topological polar surface area (TPSA) is 64.1 Å². The SMILES string of the molecule is CCc1ccccc1OCC(=O)Nc1nnc(-c2cccs2)s1. The van der Waals surface area contributed by atoms with Gasteiger partial charge < -0.3 is 4.74 Å². The lowest BCUT2D eigenvalue weighted by molar-refractivity contribution is -0.118. The lowest BCUT2D eigenvalue weighted by Crippen LogP contribution is -2.20. The van der Waals surface area contributed by atoms with E-state index in [9.17, 15) is 4.79 Å². The molecule has 3 rings (SSSR count). The Morgan fingerprint density at radius 3 is 2.87 bits per heavy atom. The fourth-order valence-corrected chi connectivity index (χ4v) is 3.56. The number of nitrogens with one attached hydrogen (secondary N) is 1. The number of amides is 1. The summed E-state index contributed by atoms with van der Waals surface area (Å²) >= 11 is 2.94. The number of para-hydroxylation sites is 1. The van der Waals surface area contributed by atoms with Crippen LogP contribution in [0.15, 0.2) is 41.8 Å². The highest BCUT2D eigenvalue weighted by molar-refractivity contribution is 7.23. The second-order valence-electron chi connectivity index (χ2n) is 4.69. The van der Waals surface area contributed by atoms with Gasteiger partial charge >= 0.3 is 0 Å². The highest BCUT2D eigenvalue weighted by Gasteiger charge is 2.11. The number of ether oxygens (including phenoxy) is 1. The zero-order chi connectivity index (χ0) is 16.1. The van der Waals surface area contributed by atoms with Crippen LogP contribution in [0.1, 0.15) is 12.5 Å². The third kappa shape index (κ3) is 3.94. The Morgan fingerprint density at radius 1 is 1.22 bits per heavy atom. The van der Waals surface area contributed by atoms with E-state index in [0.717, 1.165) is 27.6 Å². The van der Waals surface area contributed by atoms with Gasteiger partial charge in [0.15, 0.2) is 11.6 Å². The maximum atomic E-state index is 12.0. The second kappa shape index (κ2) is 7.34. The van der Waals surface area contributed by atoms with Gasteiger partial charge in [-0.15, -0.1) is 21.5 Å². The molecule has 2 aromatic heterocycles. The van der Waals surface area contributed by atoms with Gasteiger partial charge in [-0.1, -0.05) is 42.5 Å². The van der Waals surface area contributed by atoms with Crippen LogP contribution in [-0.2, 0) is 11.2 Å². The smallest absolute Gasteiger partial charge is 0.264 e. The molecule has 1 N–H and O–H groups in total. The monoisotopic (exact) mass is 345 g/mol. The van der Waals surface area contributed by atoms with Gasteiger partial charge in [0.1, 0.15) is 5.75 Å². The molecular weight excluding hydrogens is 330 g/mol. The van der Waals surface area contributed by atoms with Crippen LogP contribution in [0.4, 0.5) is 5.13 Å². The molecule has 0 radical (unpaired) electrons. The maximum absolute atomic E-state index is 12.0. The Balaban J connectivity index is 1.57. The summed E-state index contributed by atoms with van der Waals surface area (Å²) in [4.78, 5) is 13.0. The third-order valence-corrected chi connectivity index (χ3v) is 4.99. The molecule has 0 bridgehead atoms. The van der Waals surface area contributed by atoms with E-state index in [0.29, 0.717) is 5.13 Å². The van der Waals surface area contributed by atoms with Crippen LogP contribution < -0.4 is 10.1 Å². The quantitative estimate of drug-likeness (QED) is 0.737. The van der Waals surface area contributed by atoms with E-state index in [-0.39, 0.29) is 12.5 Å². The Bertz CT molecular complexity index is 784. The first-order valence-corrected chi connectivity index (χ1v) is 8.84. The van der Waals surface area contributed by atoms with Crippen molar-refractivity contribution < 1.29 is 9.53 Å². The zero-order valence-corrected chi connectivity index (χ0v) is 14.1. The summed E-state index contributed by atoms with van der Waals surface area (Å²) in [6, 6.07) is 11.6. The van der Waals surface area contributed by atoms with Crippen LogP contribution in [0.25, 0.3) is 9.88 Å². The summed E-state index contributed by atoms with van der Waals surface area (Å²) in [5, 5.41) is 14.0. The summed E-state index contributed by atoms with van der Waals surface area (Å²) in [6.45, 7) is 2.00. The number of rotatable bonds is 6. The highest BCUT2D eigenvalue weighted by Crippen LogP contribution is 2.29. The van der Waals surface area contributed by atoms with Crippen molar-refractivity contribution >= 4 is 33.7 Å². The number of carbonyl (C=O) groups excluding carboxylic acids is 1. The molecule has 0 aliphatic heterocycles. The molecule has 1 aromatic carbocycles. The molecule has 0 aliphatic rings. The van der Waals surface area contributed by atoms with Crippen molar-refractivity contribution in [2.45, 2.75) is 13.3 Å². The summed E-state index contributed by atoms with van der Waals surface area (Å²) in [6.07, 6.45) is 0.859. The van der Waals surface area contributed by atoms with Gasteiger partial charge in [-0.2, -0.15) is 0 Å². The first kappa shape index (κ1) is 15.6. The van der Waals surface area contributed by atoms with Crippen LogP contribution in [0.2, 0.25) is 0 Å². The number of hydrogen-bond acceptors (Lipinski definition) is 6. The summed E-state index contributed by atoms with van der Waals surface area (Å²) in [5.74, 6) is 0.492. The molecule has 1 amide bonds. The van der Waals surface area contributed by atoms with E-state index >= 15 is 0 Å². The summed E-state index contributed by atoms with van der Waals surface area (Å²) < 4.78 is 5.59. The largest absolute Gasteiger partial charge is 0.483 e. The lowest BCUT2D eigenvalue weighted by atomic mass is 10.1. The Morgan fingerprint density at radius 2 is 2.09 bits per heavy atom. The van der Waals surface area contributed by atoms with Crippen molar-refractivity contribution in [2.24, 2.45) is 0 Å². The van der Waals surface area contributed by atoms with Crippen molar-refractivity contribution in [3.8, 4) is 15.6 Å². The zero-order valence-electron chi connectivity index (χ0n) is 12.5. The molecule has 3 aromatic rings. The van der Waals surface area contributed by atoms with E-state index < -0.39 is 0 Å². The molecule has 0 saturated heterocycles. The van der Waals surface area contributed by atoms with Gasteiger partial charge in [-0.3, -0.25) is 10.1 Å². The lowest BCUT2D eigenvalue weighted by Gasteiger charge is -2.09. The number of carbonyl (C=O) groups is 1. The van der Waals surface area contributed by atoms with E-state index in [2.05, 4.69) is 22.4 Å². The number of benzene rings is 1. The molecule has 2 heterocycles. The number of thiophene rings is 1. The van der Waals surface area contributed by atoms with E-state index in [1.54, 1.807) is 11.3 Å². The van der Waals surface area contributed by atoms with Gasteiger partial charge in [0.2, 0.25) is 5.13 Å². The molecule has 5 nitrogen and oxygen atoms in total. The first-order valence-electron chi connectivity index (χ1n) is 7.14. The van der Waals surface area contributed by atoms with Crippen molar-refractivity contribution in [3.63, 3.8) is 0 Å². The molecule has 0 spiro atoms. The van der Waals surface area contributed by atoms with E-state index in [1.807, 2.05) is 41.8 Å². The van der Waals surface area contributed by atoms with Gasteiger partial charge in [0.25, 0.3) is 5.91 Å². The maximum Gasteiger partial charge on any atom is 0.264 e. The van der Waals surface area contributed by atoms with Crippen molar-refractivity contribution in [1.82, 2.24) is 10.2 Å². The first-order chi connectivity index (χ1) is 11.3. The number of nitrogens with zero attached hydrogens (tertiary/aromatic N) is 2. The molecule has 0 saturated carbocycles. The van der Waals surface area contributed by atoms with E-state index in [1.165, 1.54) is 11.3 Å². The number of hydrogen-bond donors (Lipinski definition) is 1. The molecule has 0 atom stereocenters.